The van der Waals surface area contributed by atoms with Gasteiger partial charge in [-0.1, -0.05) is 28.9 Å². The molecule has 0 saturated heterocycles. The van der Waals surface area contributed by atoms with Gasteiger partial charge in [0.15, 0.2) is 12.4 Å². The SMILES string of the molecule is CCN(c1ccccc1)[n+]1ccccc1.[I-]. The second kappa shape index (κ2) is 6.48. The van der Waals surface area contributed by atoms with Crippen LogP contribution in [0.3, 0.4) is 0 Å². The van der Waals surface area contributed by atoms with Crippen molar-refractivity contribution in [2.75, 3.05) is 11.6 Å². The third-order valence-corrected chi connectivity index (χ3v) is 2.33. The lowest BCUT2D eigenvalue weighted by molar-refractivity contribution is -0.684. The Morgan fingerprint density at radius 2 is 1.50 bits per heavy atom. The van der Waals surface area contributed by atoms with E-state index in [1.807, 2.05) is 24.3 Å². The molecular weight excluding hydrogens is 311 g/mol. The Morgan fingerprint density at radius 1 is 0.938 bits per heavy atom. The molecule has 0 spiro atoms. The van der Waals surface area contributed by atoms with E-state index in [4.69, 9.17) is 0 Å². The molecule has 84 valence electrons. The molecule has 2 aromatic rings. The van der Waals surface area contributed by atoms with E-state index in [2.05, 4.69) is 53.3 Å². The third kappa shape index (κ3) is 2.95. The molecule has 0 atom stereocenters. The smallest absolute Gasteiger partial charge is 0.200 e. The minimum absolute atomic E-state index is 0. The number of hydrogen-bond acceptors (Lipinski definition) is 1. The molecule has 0 aliphatic rings. The molecule has 0 N–H and O–H groups in total. The average Bonchev–Trinajstić information content (AvgIpc) is 2.33. The highest BCUT2D eigenvalue weighted by Gasteiger charge is 2.11. The highest BCUT2D eigenvalue weighted by molar-refractivity contribution is 5.42. The van der Waals surface area contributed by atoms with Gasteiger partial charge in [0.2, 0.25) is 0 Å². The van der Waals surface area contributed by atoms with Gasteiger partial charge >= 0.3 is 0 Å². The summed E-state index contributed by atoms with van der Waals surface area (Å²) < 4.78 is 2.09. The Kier molecular flexibility index (Phi) is 5.25. The van der Waals surface area contributed by atoms with Crippen LogP contribution in [0.1, 0.15) is 6.92 Å². The monoisotopic (exact) mass is 326 g/mol. The maximum absolute atomic E-state index is 2.21. The van der Waals surface area contributed by atoms with Gasteiger partial charge in [-0.2, -0.15) is 0 Å². The number of rotatable bonds is 3. The molecule has 2 nitrogen and oxygen atoms in total. The number of anilines is 1. The average molecular weight is 326 g/mol. The summed E-state index contributed by atoms with van der Waals surface area (Å²) in [6.07, 6.45) is 4.10. The van der Waals surface area contributed by atoms with Crippen molar-refractivity contribution in [3.8, 4) is 0 Å². The van der Waals surface area contributed by atoms with Crippen molar-refractivity contribution in [1.82, 2.24) is 0 Å². The zero-order chi connectivity index (χ0) is 10.5. The lowest BCUT2D eigenvalue weighted by Crippen LogP contribution is -3.00. The summed E-state index contributed by atoms with van der Waals surface area (Å²) in [4.78, 5) is 0. The first-order chi connectivity index (χ1) is 7.42. The normalized spacial score (nSPS) is 9.31. The second-order valence-corrected chi connectivity index (χ2v) is 3.31. The van der Waals surface area contributed by atoms with E-state index >= 15 is 0 Å². The number of aromatic nitrogens is 1. The first-order valence-electron chi connectivity index (χ1n) is 5.21. The number of para-hydroxylation sites is 1. The van der Waals surface area contributed by atoms with Crippen LogP contribution >= 0.6 is 0 Å². The van der Waals surface area contributed by atoms with E-state index in [1.165, 1.54) is 5.69 Å². The predicted molar refractivity (Wildman–Crippen MR) is 61.5 cm³/mol. The fourth-order valence-corrected chi connectivity index (χ4v) is 1.63. The van der Waals surface area contributed by atoms with E-state index in [-0.39, 0.29) is 24.0 Å². The van der Waals surface area contributed by atoms with Gasteiger partial charge < -0.3 is 24.0 Å². The van der Waals surface area contributed by atoms with Gasteiger partial charge in [-0.15, -0.1) is 5.01 Å². The first-order valence-corrected chi connectivity index (χ1v) is 5.21. The van der Waals surface area contributed by atoms with Crippen molar-refractivity contribution in [3.63, 3.8) is 0 Å². The molecule has 0 aliphatic heterocycles. The Balaban J connectivity index is 0.00000128. The number of nitrogens with zero attached hydrogens (tertiary/aromatic N) is 2. The molecule has 0 amide bonds. The van der Waals surface area contributed by atoms with E-state index < -0.39 is 0 Å². The van der Waals surface area contributed by atoms with Gasteiger partial charge in [-0.3, -0.25) is 0 Å². The van der Waals surface area contributed by atoms with Crippen LogP contribution in [0.4, 0.5) is 5.69 Å². The first kappa shape index (κ1) is 13.0. The topological polar surface area (TPSA) is 7.12 Å². The van der Waals surface area contributed by atoms with Crippen LogP contribution in [-0.4, -0.2) is 6.54 Å². The molecule has 0 bridgehead atoms. The predicted octanol–water partition coefficient (Wildman–Crippen LogP) is -0.732. The van der Waals surface area contributed by atoms with Crippen LogP contribution in [0.5, 0.6) is 0 Å². The molecular formula is C13H15IN2. The van der Waals surface area contributed by atoms with Crippen molar-refractivity contribution in [2.45, 2.75) is 6.92 Å². The number of benzene rings is 1. The molecule has 0 fully saturated rings. The summed E-state index contributed by atoms with van der Waals surface area (Å²) in [6.45, 7) is 3.09. The zero-order valence-corrected chi connectivity index (χ0v) is 11.4. The fourth-order valence-electron chi connectivity index (χ4n) is 1.63. The molecule has 1 aromatic heterocycles. The summed E-state index contributed by atoms with van der Waals surface area (Å²) >= 11 is 0. The van der Waals surface area contributed by atoms with Crippen LogP contribution in [0.2, 0.25) is 0 Å². The number of hydrogen-bond donors (Lipinski definition) is 0. The maximum Gasteiger partial charge on any atom is 0.200 e. The molecule has 1 aromatic carbocycles. The number of pyridine rings is 1. The van der Waals surface area contributed by atoms with Gasteiger partial charge in [0.25, 0.3) is 0 Å². The van der Waals surface area contributed by atoms with E-state index in [0.717, 1.165) is 6.54 Å². The second-order valence-electron chi connectivity index (χ2n) is 3.31. The molecule has 2 rings (SSSR count). The van der Waals surface area contributed by atoms with Gasteiger partial charge in [0.1, 0.15) is 0 Å². The van der Waals surface area contributed by atoms with Crippen LogP contribution in [0.25, 0.3) is 0 Å². The van der Waals surface area contributed by atoms with Gasteiger partial charge in [-0.25, -0.2) is 0 Å². The molecule has 0 aliphatic carbocycles. The van der Waals surface area contributed by atoms with Crippen LogP contribution in [0, 0.1) is 0 Å². The minimum Gasteiger partial charge on any atom is -1.00 e. The zero-order valence-electron chi connectivity index (χ0n) is 9.25. The lowest BCUT2D eigenvalue weighted by Gasteiger charge is -2.15. The van der Waals surface area contributed by atoms with Gasteiger partial charge in [0, 0.05) is 12.1 Å². The Bertz CT molecular complexity index is 363. The largest absolute Gasteiger partial charge is 1.00 e. The fraction of sp³-hybridized carbons (Fsp3) is 0.154. The molecule has 0 radical (unpaired) electrons. The van der Waals surface area contributed by atoms with Crippen molar-refractivity contribution >= 4 is 5.69 Å². The molecule has 0 unspecified atom stereocenters. The Hall–Kier alpha value is -1.10. The molecule has 1 heterocycles. The van der Waals surface area contributed by atoms with E-state index in [0.29, 0.717) is 0 Å². The maximum atomic E-state index is 2.21. The van der Waals surface area contributed by atoms with Gasteiger partial charge in [-0.05, 0) is 19.1 Å². The minimum atomic E-state index is 0. The molecule has 3 heteroatoms. The van der Waals surface area contributed by atoms with Crippen molar-refractivity contribution in [3.05, 3.63) is 60.9 Å². The highest BCUT2D eigenvalue weighted by Crippen LogP contribution is 2.09. The van der Waals surface area contributed by atoms with E-state index in [1.54, 1.807) is 0 Å². The van der Waals surface area contributed by atoms with Gasteiger partial charge in [0.05, 0.1) is 12.2 Å². The van der Waals surface area contributed by atoms with Crippen LogP contribution < -0.4 is 33.7 Å². The highest BCUT2D eigenvalue weighted by atomic mass is 127. The summed E-state index contributed by atoms with van der Waals surface area (Å²) in [5.74, 6) is 0. The quantitative estimate of drug-likeness (QED) is 0.533. The van der Waals surface area contributed by atoms with Crippen molar-refractivity contribution < 1.29 is 28.7 Å². The summed E-state index contributed by atoms with van der Waals surface area (Å²) in [6, 6.07) is 16.5. The standard InChI is InChI=1S/C13H15N2.HI/c1-2-15(13-9-5-3-6-10-13)14-11-7-4-8-12-14;/h3-12H,2H2,1H3;1H/q+1;/p-1. The summed E-state index contributed by atoms with van der Waals surface area (Å²) in [5.41, 5.74) is 1.20. The summed E-state index contributed by atoms with van der Waals surface area (Å²) in [7, 11) is 0. The van der Waals surface area contributed by atoms with Crippen LogP contribution in [-0.2, 0) is 0 Å². The molecule has 0 saturated carbocycles. The number of halogens is 1. The Morgan fingerprint density at radius 3 is 2.06 bits per heavy atom. The third-order valence-electron chi connectivity index (χ3n) is 2.33. The lowest BCUT2D eigenvalue weighted by atomic mass is 10.3. The van der Waals surface area contributed by atoms with Crippen molar-refractivity contribution in [2.24, 2.45) is 0 Å². The van der Waals surface area contributed by atoms with Crippen molar-refractivity contribution in [1.29, 1.82) is 0 Å². The summed E-state index contributed by atoms with van der Waals surface area (Å²) in [5, 5.41) is 2.21. The van der Waals surface area contributed by atoms with E-state index in [9.17, 15) is 0 Å². The molecule has 16 heavy (non-hydrogen) atoms. The van der Waals surface area contributed by atoms with Crippen LogP contribution in [0.15, 0.2) is 60.9 Å². The Labute approximate surface area is 114 Å².